The second-order valence-electron chi connectivity index (χ2n) is 4.07. The molecule has 5 nitrogen and oxygen atoms in total. The molecule has 0 aromatic carbocycles. The fraction of sp³-hybridized carbons (Fsp3) is 0.143. The van der Waals surface area contributed by atoms with E-state index in [2.05, 4.69) is 9.97 Å². The molecule has 2 heterocycles. The summed E-state index contributed by atoms with van der Waals surface area (Å²) in [6.07, 6.45) is 0.391. The van der Waals surface area contributed by atoms with Crippen LogP contribution in [0.1, 0.15) is 39.3 Å². The number of carbonyl (C=O) groups excluding carboxylic acids is 1. The van der Waals surface area contributed by atoms with Gasteiger partial charge in [-0.2, -0.15) is 0 Å². The average molecular weight is 256 g/mol. The standard InChI is InChI=1S/C14H12N2O3/c1-9(17)12-6-2-4-10(15-12)8-11-5-3-7-13(16-11)14(18)19/h2-7H,8H2,1H3,(H,18,19). The fourth-order valence-corrected chi connectivity index (χ4v) is 1.66. The molecule has 0 aliphatic heterocycles. The fourth-order valence-electron chi connectivity index (χ4n) is 1.66. The first-order valence-electron chi connectivity index (χ1n) is 5.72. The van der Waals surface area contributed by atoms with E-state index in [0.29, 0.717) is 23.5 Å². The molecule has 0 bridgehead atoms. The lowest BCUT2D eigenvalue weighted by Crippen LogP contribution is -2.05. The molecule has 0 aliphatic rings. The van der Waals surface area contributed by atoms with Crippen LogP contribution in [0, 0.1) is 0 Å². The van der Waals surface area contributed by atoms with Crippen molar-refractivity contribution in [2.75, 3.05) is 0 Å². The number of nitrogens with zero attached hydrogens (tertiary/aromatic N) is 2. The van der Waals surface area contributed by atoms with Gasteiger partial charge in [-0.1, -0.05) is 12.1 Å². The summed E-state index contributed by atoms with van der Waals surface area (Å²) in [7, 11) is 0. The van der Waals surface area contributed by atoms with Gasteiger partial charge in [0, 0.05) is 24.7 Å². The molecule has 0 radical (unpaired) electrons. The molecule has 0 spiro atoms. The zero-order valence-electron chi connectivity index (χ0n) is 10.3. The molecule has 0 unspecified atom stereocenters. The Balaban J connectivity index is 2.26. The van der Waals surface area contributed by atoms with Crippen LogP contribution in [0.15, 0.2) is 36.4 Å². The highest BCUT2D eigenvalue weighted by Crippen LogP contribution is 2.08. The van der Waals surface area contributed by atoms with E-state index in [4.69, 9.17) is 5.11 Å². The van der Waals surface area contributed by atoms with Gasteiger partial charge in [-0.15, -0.1) is 0 Å². The van der Waals surface area contributed by atoms with E-state index in [1.54, 1.807) is 30.3 Å². The first kappa shape index (κ1) is 12.9. The molecule has 96 valence electrons. The molecule has 2 rings (SSSR count). The molecule has 2 aromatic rings. The molecule has 5 heteroatoms. The van der Waals surface area contributed by atoms with Crippen molar-refractivity contribution < 1.29 is 14.7 Å². The minimum atomic E-state index is -1.06. The summed E-state index contributed by atoms with van der Waals surface area (Å²) in [4.78, 5) is 30.3. The average Bonchev–Trinajstić information content (AvgIpc) is 2.39. The molecule has 2 aromatic heterocycles. The van der Waals surface area contributed by atoms with Crippen molar-refractivity contribution in [3.05, 3.63) is 59.2 Å². The number of aromatic carboxylic acids is 1. The van der Waals surface area contributed by atoms with E-state index in [-0.39, 0.29) is 11.5 Å². The molecule has 1 N–H and O–H groups in total. The molecule has 19 heavy (non-hydrogen) atoms. The van der Waals surface area contributed by atoms with Gasteiger partial charge in [-0.25, -0.2) is 14.8 Å². The smallest absolute Gasteiger partial charge is 0.354 e. The lowest BCUT2D eigenvalue weighted by molar-refractivity contribution is 0.0690. The Bertz CT molecular complexity index is 583. The Kier molecular flexibility index (Phi) is 3.66. The van der Waals surface area contributed by atoms with Crippen molar-refractivity contribution in [2.45, 2.75) is 13.3 Å². The lowest BCUT2D eigenvalue weighted by atomic mass is 10.1. The zero-order valence-corrected chi connectivity index (χ0v) is 10.3. The molecule has 0 atom stereocenters. The maximum atomic E-state index is 11.2. The summed E-state index contributed by atoms with van der Waals surface area (Å²) in [5.41, 5.74) is 1.68. The van der Waals surface area contributed by atoms with Crippen LogP contribution in [-0.2, 0) is 6.42 Å². The third-order valence-electron chi connectivity index (χ3n) is 2.56. The summed E-state index contributed by atoms with van der Waals surface area (Å²) in [6, 6.07) is 9.98. The minimum absolute atomic E-state index is 0.000206. The number of aromatic nitrogens is 2. The van der Waals surface area contributed by atoms with E-state index in [9.17, 15) is 9.59 Å². The van der Waals surface area contributed by atoms with Gasteiger partial charge in [-0.05, 0) is 24.3 Å². The van der Waals surface area contributed by atoms with Crippen LogP contribution in [0.2, 0.25) is 0 Å². The van der Waals surface area contributed by atoms with E-state index >= 15 is 0 Å². The highest BCUT2D eigenvalue weighted by Gasteiger charge is 2.07. The molecule has 0 amide bonds. The largest absolute Gasteiger partial charge is 0.477 e. The van der Waals surface area contributed by atoms with Gasteiger partial charge in [0.05, 0.1) is 0 Å². The van der Waals surface area contributed by atoms with Gasteiger partial charge in [0.15, 0.2) is 5.78 Å². The van der Waals surface area contributed by atoms with Crippen molar-refractivity contribution in [1.82, 2.24) is 9.97 Å². The second kappa shape index (κ2) is 5.39. The summed E-state index contributed by atoms with van der Waals surface area (Å²) in [5.74, 6) is -1.17. The van der Waals surface area contributed by atoms with Crippen molar-refractivity contribution in [3.8, 4) is 0 Å². The van der Waals surface area contributed by atoms with Crippen LogP contribution in [0.5, 0.6) is 0 Å². The first-order valence-corrected chi connectivity index (χ1v) is 5.72. The monoisotopic (exact) mass is 256 g/mol. The Morgan fingerprint density at radius 2 is 1.53 bits per heavy atom. The Morgan fingerprint density at radius 1 is 1.00 bits per heavy atom. The second-order valence-corrected chi connectivity index (χ2v) is 4.07. The van der Waals surface area contributed by atoms with Crippen LogP contribution in [0.4, 0.5) is 0 Å². The van der Waals surface area contributed by atoms with Crippen LogP contribution < -0.4 is 0 Å². The number of carbonyl (C=O) groups is 2. The van der Waals surface area contributed by atoms with E-state index in [0.717, 1.165) is 0 Å². The maximum Gasteiger partial charge on any atom is 0.354 e. The molecular weight excluding hydrogens is 244 g/mol. The number of carboxylic acids is 1. The van der Waals surface area contributed by atoms with Gasteiger partial charge >= 0.3 is 5.97 Å². The van der Waals surface area contributed by atoms with Crippen LogP contribution in [-0.4, -0.2) is 26.8 Å². The van der Waals surface area contributed by atoms with Crippen molar-refractivity contribution >= 4 is 11.8 Å². The first-order chi connectivity index (χ1) is 9.06. The SMILES string of the molecule is CC(=O)c1cccc(Cc2cccc(C(=O)O)n2)n1. The third kappa shape index (κ3) is 3.22. The topological polar surface area (TPSA) is 80.2 Å². The number of carboxylic acid groups (broad SMARTS) is 1. The highest BCUT2D eigenvalue weighted by molar-refractivity contribution is 5.92. The molecular formula is C14H12N2O3. The maximum absolute atomic E-state index is 11.2. The number of rotatable bonds is 4. The third-order valence-corrected chi connectivity index (χ3v) is 2.56. The summed E-state index contributed by atoms with van der Waals surface area (Å²) >= 11 is 0. The Labute approximate surface area is 110 Å². The zero-order chi connectivity index (χ0) is 13.8. The van der Waals surface area contributed by atoms with Gasteiger partial charge < -0.3 is 5.11 Å². The molecule has 0 fully saturated rings. The molecule has 0 saturated carbocycles. The quantitative estimate of drug-likeness (QED) is 0.846. The predicted molar refractivity (Wildman–Crippen MR) is 68.2 cm³/mol. The van der Waals surface area contributed by atoms with E-state index in [1.165, 1.54) is 13.0 Å². The number of pyridine rings is 2. The normalized spacial score (nSPS) is 10.2. The van der Waals surface area contributed by atoms with Gasteiger partial charge in [0.25, 0.3) is 0 Å². The van der Waals surface area contributed by atoms with Crippen LogP contribution in [0.3, 0.4) is 0 Å². The van der Waals surface area contributed by atoms with Gasteiger partial charge in [0.2, 0.25) is 0 Å². The van der Waals surface area contributed by atoms with Gasteiger partial charge in [0.1, 0.15) is 11.4 Å². The van der Waals surface area contributed by atoms with Crippen molar-refractivity contribution in [3.63, 3.8) is 0 Å². The summed E-state index contributed by atoms with van der Waals surface area (Å²) in [5, 5.41) is 8.87. The van der Waals surface area contributed by atoms with E-state index < -0.39 is 5.97 Å². The summed E-state index contributed by atoms with van der Waals surface area (Å²) < 4.78 is 0. The summed E-state index contributed by atoms with van der Waals surface area (Å²) in [6.45, 7) is 1.45. The highest BCUT2D eigenvalue weighted by atomic mass is 16.4. The van der Waals surface area contributed by atoms with Crippen LogP contribution >= 0.6 is 0 Å². The molecule has 0 aliphatic carbocycles. The van der Waals surface area contributed by atoms with E-state index in [1.807, 2.05) is 0 Å². The lowest BCUT2D eigenvalue weighted by Gasteiger charge is -2.03. The van der Waals surface area contributed by atoms with Crippen LogP contribution in [0.25, 0.3) is 0 Å². The van der Waals surface area contributed by atoms with Crippen molar-refractivity contribution in [1.29, 1.82) is 0 Å². The Hall–Kier alpha value is -2.56. The van der Waals surface area contributed by atoms with Crippen molar-refractivity contribution in [2.24, 2.45) is 0 Å². The predicted octanol–water partition coefficient (Wildman–Crippen LogP) is 1.97. The molecule has 0 saturated heterocycles. The Morgan fingerprint density at radius 3 is 2.05 bits per heavy atom. The number of ketones is 1. The minimum Gasteiger partial charge on any atom is -0.477 e. The number of hydrogen-bond donors (Lipinski definition) is 1. The number of hydrogen-bond acceptors (Lipinski definition) is 4. The van der Waals surface area contributed by atoms with Gasteiger partial charge in [-0.3, -0.25) is 4.79 Å². The number of Topliss-reactive ketones (excluding diaryl/α,β-unsaturated/α-hetero) is 1.